The van der Waals surface area contributed by atoms with E-state index in [4.69, 9.17) is 14.2 Å². The minimum Gasteiger partial charge on any atom is -0.492 e. The quantitative estimate of drug-likeness (QED) is 0.330. The van der Waals surface area contributed by atoms with Gasteiger partial charge in [0, 0.05) is 36.4 Å². The Balaban J connectivity index is 1.28. The SMILES string of the molecule is COC1=C(C)C(=O)OC1=C1OC2=CCCN3[C@@H]([C@@H](O)[C@@H]4C=CC[C@H](C)C4)[C@@H]4CC[C@H](c5ccccc5)[C@H]4C[C@@H]3[C@H]2[C@@H]1C. The molecule has 6 aliphatic rings. The van der Waals surface area contributed by atoms with E-state index in [-0.39, 0.29) is 35.8 Å². The topological polar surface area (TPSA) is 68.2 Å². The molecule has 0 radical (unpaired) electrons. The molecule has 0 bridgehead atoms. The van der Waals surface area contributed by atoms with Crippen LogP contribution in [0.4, 0.5) is 0 Å². The summed E-state index contributed by atoms with van der Waals surface area (Å²) in [5.41, 5.74) is 1.91. The summed E-state index contributed by atoms with van der Waals surface area (Å²) in [5.74, 6) is 4.62. The minimum atomic E-state index is -0.396. The molecular weight excluding hydrogens is 526 g/mol. The summed E-state index contributed by atoms with van der Waals surface area (Å²) in [6.07, 6.45) is 12.9. The van der Waals surface area contributed by atoms with Crippen molar-refractivity contribution >= 4 is 5.97 Å². The lowest BCUT2D eigenvalue weighted by Gasteiger charge is -2.53. The maximum atomic E-state index is 12.5. The predicted molar refractivity (Wildman–Crippen MR) is 161 cm³/mol. The van der Waals surface area contributed by atoms with Crippen LogP contribution in [0.1, 0.15) is 70.8 Å². The Bertz CT molecular complexity index is 1340. The van der Waals surface area contributed by atoms with Crippen molar-refractivity contribution in [1.82, 2.24) is 4.90 Å². The van der Waals surface area contributed by atoms with Crippen LogP contribution in [0, 0.1) is 35.5 Å². The second kappa shape index (κ2) is 11.0. The zero-order valence-corrected chi connectivity index (χ0v) is 25.4. The van der Waals surface area contributed by atoms with Gasteiger partial charge < -0.3 is 19.3 Å². The molecule has 2 saturated heterocycles. The molecule has 0 amide bonds. The predicted octanol–water partition coefficient (Wildman–Crippen LogP) is 6.46. The first-order valence-electron chi connectivity index (χ1n) is 16.1. The van der Waals surface area contributed by atoms with Crippen molar-refractivity contribution in [2.75, 3.05) is 13.7 Å². The van der Waals surface area contributed by atoms with Crippen molar-refractivity contribution in [2.24, 2.45) is 35.5 Å². The molecule has 2 aliphatic carbocycles. The Morgan fingerprint density at radius 1 is 1.07 bits per heavy atom. The lowest BCUT2D eigenvalue weighted by molar-refractivity contribution is -0.133. The van der Waals surface area contributed by atoms with Crippen LogP contribution in [-0.2, 0) is 19.0 Å². The van der Waals surface area contributed by atoms with Gasteiger partial charge in [0.2, 0.25) is 5.76 Å². The number of esters is 1. The molecule has 4 aliphatic heterocycles. The summed E-state index contributed by atoms with van der Waals surface area (Å²) in [6.45, 7) is 7.19. The van der Waals surface area contributed by atoms with Gasteiger partial charge in [0.25, 0.3) is 0 Å². The number of carbonyl (C=O) groups is 1. The second-order valence-electron chi connectivity index (χ2n) is 13.7. The van der Waals surface area contributed by atoms with E-state index in [0.29, 0.717) is 46.5 Å². The van der Waals surface area contributed by atoms with Crippen molar-refractivity contribution in [2.45, 2.75) is 83.4 Å². The summed E-state index contributed by atoms with van der Waals surface area (Å²) in [4.78, 5) is 15.2. The van der Waals surface area contributed by atoms with Gasteiger partial charge in [0.05, 0.1) is 18.8 Å². The van der Waals surface area contributed by atoms with E-state index in [9.17, 15) is 9.90 Å². The second-order valence-corrected chi connectivity index (χ2v) is 13.7. The van der Waals surface area contributed by atoms with E-state index in [1.165, 1.54) is 12.0 Å². The first kappa shape index (κ1) is 28.0. The zero-order valence-electron chi connectivity index (χ0n) is 25.4. The average Bonchev–Trinajstić information content (AvgIpc) is 3.60. The molecule has 7 rings (SSSR count). The Kier molecular flexibility index (Phi) is 7.34. The monoisotopic (exact) mass is 571 g/mol. The van der Waals surface area contributed by atoms with Crippen LogP contribution in [0.3, 0.4) is 0 Å². The fraction of sp³-hybridized carbons (Fsp3) is 0.583. The van der Waals surface area contributed by atoms with Crippen molar-refractivity contribution in [3.63, 3.8) is 0 Å². The molecule has 1 aromatic rings. The van der Waals surface area contributed by atoms with Gasteiger partial charge in [-0.15, -0.1) is 0 Å². The highest BCUT2D eigenvalue weighted by molar-refractivity contribution is 5.93. The van der Waals surface area contributed by atoms with Crippen molar-refractivity contribution in [3.05, 3.63) is 82.7 Å². The Morgan fingerprint density at radius 2 is 1.88 bits per heavy atom. The number of aliphatic hydroxyl groups is 1. The molecule has 1 aromatic carbocycles. The first-order chi connectivity index (χ1) is 20.4. The molecule has 1 N–H and O–H groups in total. The molecule has 6 heteroatoms. The molecule has 4 heterocycles. The fourth-order valence-electron chi connectivity index (χ4n) is 9.50. The lowest BCUT2D eigenvalue weighted by atomic mass is 9.67. The number of aliphatic hydroxyl groups excluding tert-OH is 1. The number of benzene rings is 1. The number of methoxy groups -OCH3 is 1. The fourth-order valence-corrected chi connectivity index (χ4v) is 9.50. The summed E-state index contributed by atoms with van der Waals surface area (Å²) in [7, 11) is 1.58. The van der Waals surface area contributed by atoms with Gasteiger partial charge in [0.15, 0.2) is 11.5 Å². The van der Waals surface area contributed by atoms with Gasteiger partial charge in [-0.05, 0) is 80.8 Å². The number of rotatable bonds is 4. The van der Waals surface area contributed by atoms with E-state index in [2.05, 4.69) is 67.3 Å². The summed E-state index contributed by atoms with van der Waals surface area (Å²) >= 11 is 0. The average molecular weight is 572 g/mol. The number of allylic oxidation sites excluding steroid dienone is 2. The van der Waals surface area contributed by atoms with Gasteiger partial charge in [-0.1, -0.05) is 56.3 Å². The normalized spacial score (nSPS) is 40.5. The molecule has 0 spiro atoms. The van der Waals surface area contributed by atoms with E-state index in [1.54, 1.807) is 14.0 Å². The zero-order chi connectivity index (χ0) is 29.1. The minimum absolute atomic E-state index is 0.0150. The maximum Gasteiger partial charge on any atom is 0.343 e. The maximum absolute atomic E-state index is 12.5. The largest absolute Gasteiger partial charge is 0.492 e. The number of nitrogens with zero attached hydrogens (tertiary/aromatic N) is 1. The van der Waals surface area contributed by atoms with Crippen LogP contribution in [0.25, 0.3) is 0 Å². The smallest absolute Gasteiger partial charge is 0.343 e. The molecule has 0 unspecified atom stereocenters. The molecular formula is C36H45NO5. The summed E-state index contributed by atoms with van der Waals surface area (Å²) in [6, 6.07) is 11.4. The van der Waals surface area contributed by atoms with Crippen molar-refractivity contribution in [3.8, 4) is 0 Å². The number of cyclic esters (lactones) is 1. The number of ether oxygens (including phenoxy) is 3. The Morgan fingerprint density at radius 3 is 2.64 bits per heavy atom. The third-order valence-corrected chi connectivity index (χ3v) is 11.4. The Labute approximate surface area is 250 Å². The van der Waals surface area contributed by atoms with Crippen molar-refractivity contribution in [1.29, 1.82) is 0 Å². The first-order valence-corrected chi connectivity index (χ1v) is 16.1. The number of piperidine rings is 1. The lowest BCUT2D eigenvalue weighted by Crippen LogP contribution is -2.61. The third-order valence-electron chi connectivity index (χ3n) is 11.4. The van der Waals surface area contributed by atoms with Crippen LogP contribution in [0.2, 0.25) is 0 Å². The molecule has 0 aromatic heterocycles. The van der Waals surface area contributed by atoms with Gasteiger partial charge in [-0.25, -0.2) is 4.79 Å². The molecule has 42 heavy (non-hydrogen) atoms. The van der Waals surface area contributed by atoms with E-state index < -0.39 is 6.10 Å². The standard InChI is InChI=1S/C36H45NO5/c1-20-10-8-13-24(18-20)32(38)31-26-16-15-25(23-11-6-5-7-12-23)27(26)19-28-30-21(2)34(41-29(30)14-9-17-37(28)31)35-33(40-4)22(3)36(39)42-35/h5-8,11-14,20-21,24-28,30-32,38H,9-10,15-19H2,1-4H3/t20-,21-,24+,25+,26+,27+,28+,30+,31+,32-/m0/s1. The Hall–Kier alpha value is -2.83. The molecule has 6 nitrogen and oxygen atoms in total. The van der Waals surface area contributed by atoms with Gasteiger partial charge in [-0.3, -0.25) is 4.90 Å². The number of carbonyl (C=O) groups excluding carboxylic acids is 1. The summed E-state index contributed by atoms with van der Waals surface area (Å²) < 4.78 is 18.0. The summed E-state index contributed by atoms with van der Waals surface area (Å²) in [5, 5.41) is 12.3. The van der Waals surface area contributed by atoms with Crippen LogP contribution < -0.4 is 0 Å². The molecule has 1 saturated carbocycles. The number of fused-ring (bicyclic) bond motifs is 4. The highest BCUT2D eigenvalue weighted by atomic mass is 16.6. The highest BCUT2D eigenvalue weighted by Crippen LogP contribution is 2.57. The molecule has 224 valence electrons. The van der Waals surface area contributed by atoms with Gasteiger partial charge in [0.1, 0.15) is 5.76 Å². The van der Waals surface area contributed by atoms with Crippen LogP contribution in [0.5, 0.6) is 0 Å². The van der Waals surface area contributed by atoms with Crippen molar-refractivity contribution < 1.29 is 24.1 Å². The number of hydrogen-bond donors (Lipinski definition) is 1. The van der Waals surface area contributed by atoms with Gasteiger partial charge >= 0.3 is 5.97 Å². The van der Waals surface area contributed by atoms with Crippen LogP contribution in [0.15, 0.2) is 77.2 Å². The van der Waals surface area contributed by atoms with E-state index in [1.807, 2.05) is 0 Å². The highest BCUT2D eigenvalue weighted by Gasteiger charge is 2.57. The third kappa shape index (κ3) is 4.48. The van der Waals surface area contributed by atoms with E-state index in [0.717, 1.165) is 44.4 Å². The van der Waals surface area contributed by atoms with Crippen LogP contribution in [-0.4, -0.2) is 47.8 Å². The van der Waals surface area contributed by atoms with Crippen LogP contribution >= 0.6 is 0 Å². The molecule has 10 atom stereocenters. The van der Waals surface area contributed by atoms with Gasteiger partial charge in [-0.2, -0.15) is 0 Å². The number of hydrogen-bond acceptors (Lipinski definition) is 6. The van der Waals surface area contributed by atoms with E-state index >= 15 is 0 Å². The molecule has 3 fully saturated rings.